The normalized spacial score (nSPS) is 17.1. The summed E-state index contributed by atoms with van der Waals surface area (Å²) >= 11 is 0. The van der Waals surface area contributed by atoms with Gasteiger partial charge in [-0.2, -0.15) is 0 Å². The fourth-order valence-electron chi connectivity index (χ4n) is 5.43. The van der Waals surface area contributed by atoms with Crippen molar-refractivity contribution in [3.63, 3.8) is 0 Å². The molecule has 0 atom stereocenters. The van der Waals surface area contributed by atoms with E-state index >= 15 is 0 Å². The topological polar surface area (TPSA) is 84.8 Å². The lowest BCUT2D eigenvalue weighted by Crippen LogP contribution is -2.48. The average Bonchev–Trinajstić information content (AvgIpc) is 3.83. The number of aromatic nitrogens is 3. The number of methoxy groups -OCH3 is 1. The summed E-state index contributed by atoms with van der Waals surface area (Å²) in [4.78, 5) is 21.5. The van der Waals surface area contributed by atoms with Crippen LogP contribution < -0.4 is 30.3 Å². The van der Waals surface area contributed by atoms with Crippen molar-refractivity contribution in [1.82, 2.24) is 20.3 Å². The Balaban J connectivity index is 1.31. The summed E-state index contributed by atoms with van der Waals surface area (Å²) in [6.45, 7) is 3.55. The van der Waals surface area contributed by atoms with E-state index in [9.17, 15) is 13.2 Å². The molecule has 1 aliphatic carbocycles. The highest BCUT2D eigenvalue weighted by atomic mass is 19.4. The van der Waals surface area contributed by atoms with Crippen molar-refractivity contribution in [3.8, 4) is 22.9 Å². The first kappa shape index (κ1) is 27.2. The van der Waals surface area contributed by atoms with Crippen LogP contribution in [0.1, 0.15) is 30.5 Å². The smallest absolute Gasteiger partial charge is 0.496 e. The maximum atomic E-state index is 12.6. The molecule has 214 valence electrons. The SMILES string of the molecule is COc1cc(OC(F)(F)F)ccc1CCc1cc(-c2nc(N3CCNCC3)c3c(n2)=CN=CCC=3C2CC2)ccn1. The van der Waals surface area contributed by atoms with E-state index < -0.39 is 6.36 Å². The van der Waals surface area contributed by atoms with Crippen molar-refractivity contribution in [2.75, 3.05) is 38.2 Å². The lowest BCUT2D eigenvalue weighted by Gasteiger charge is -2.29. The third kappa shape index (κ3) is 6.35. The molecule has 3 aromatic rings. The Morgan fingerprint density at radius 1 is 1.05 bits per heavy atom. The van der Waals surface area contributed by atoms with Crippen LogP contribution in [-0.2, 0) is 12.8 Å². The molecule has 1 saturated heterocycles. The number of rotatable bonds is 8. The second-order valence-corrected chi connectivity index (χ2v) is 10.4. The second-order valence-electron chi connectivity index (χ2n) is 10.4. The molecule has 2 aliphatic heterocycles. The van der Waals surface area contributed by atoms with Crippen molar-refractivity contribution in [3.05, 3.63) is 58.4 Å². The van der Waals surface area contributed by atoms with E-state index in [2.05, 4.69) is 24.9 Å². The number of nitrogens with one attached hydrogen (secondary N) is 1. The largest absolute Gasteiger partial charge is 0.573 e. The van der Waals surface area contributed by atoms with E-state index in [0.29, 0.717) is 30.3 Å². The van der Waals surface area contributed by atoms with Gasteiger partial charge in [-0.25, -0.2) is 9.97 Å². The number of pyridine rings is 1. The van der Waals surface area contributed by atoms with Gasteiger partial charge in [0.05, 0.1) is 18.7 Å². The Morgan fingerprint density at radius 3 is 2.63 bits per heavy atom. The summed E-state index contributed by atoms with van der Waals surface area (Å²) in [5.41, 5.74) is 3.81. The third-order valence-corrected chi connectivity index (χ3v) is 7.56. The van der Waals surface area contributed by atoms with Gasteiger partial charge in [0.1, 0.15) is 17.3 Å². The van der Waals surface area contributed by atoms with Crippen molar-refractivity contribution in [2.24, 2.45) is 10.9 Å². The van der Waals surface area contributed by atoms with Crippen LogP contribution in [0.3, 0.4) is 0 Å². The summed E-state index contributed by atoms with van der Waals surface area (Å²) in [6, 6.07) is 8.01. The molecule has 1 N–H and O–H groups in total. The van der Waals surface area contributed by atoms with Crippen molar-refractivity contribution < 1.29 is 22.6 Å². The zero-order chi connectivity index (χ0) is 28.4. The fraction of sp³-hybridized carbons (Fsp3) is 0.400. The van der Waals surface area contributed by atoms with Crippen LogP contribution in [0.25, 0.3) is 23.2 Å². The van der Waals surface area contributed by atoms with Gasteiger partial charge in [-0.15, -0.1) is 13.2 Å². The van der Waals surface area contributed by atoms with E-state index in [1.807, 2.05) is 24.5 Å². The zero-order valence-corrected chi connectivity index (χ0v) is 22.7. The first-order valence-corrected chi connectivity index (χ1v) is 13.8. The Hall–Kier alpha value is -3.99. The highest BCUT2D eigenvalue weighted by Gasteiger charge is 2.31. The molecule has 41 heavy (non-hydrogen) atoms. The van der Waals surface area contributed by atoms with Gasteiger partial charge >= 0.3 is 6.36 Å². The molecule has 0 bridgehead atoms. The zero-order valence-electron chi connectivity index (χ0n) is 22.7. The number of aliphatic imine (C=N–C) groups is 1. The molecule has 3 aliphatic rings. The van der Waals surface area contributed by atoms with Gasteiger partial charge < -0.3 is 19.7 Å². The van der Waals surface area contributed by atoms with Crippen LogP contribution in [0.5, 0.6) is 11.5 Å². The summed E-state index contributed by atoms with van der Waals surface area (Å²) < 4.78 is 47.2. The standard InChI is InChI=1S/C30H31F3N6O2/c1-40-26-17-23(41-30(31,32)33)7-5-20(26)4-6-22-16-21(8-11-36-22)28-37-25-18-35-10-9-24(19-2-3-19)27(25)29(38-28)39-14-12-34-13-15-39/h5,7-8,10-11,16-19,34H,2-4,6,9,12-15H2,1H3. The lowest BCUT2D eigenvalue weighted by atomic mass is 10.0. The molecular formula is C30H31F3N6O2. The Bertz CT molecular complexity index is 1580. The van der Waals surface area contributed by atoms with Gasteiger partial charge in [0, 0.05) is 67.6 Å². The Kier molecular flexibility index (Phi) is 7.61. The molecule has 0 unspecified atom stereocenters. The summed E-state index contributed by atoms with van der Waals surface area (Å²) in [6.07, 6.45) is 5.08. The molecule has 0 spiro atoms. The lowest BCUT2D eigenvalue weighted by molar-refractivity contribution is -0.274. The molecule has 0 radical (unpaired) electrons. The van der Waals surface area contributed by atoms with E-state index in [1.165, 1.54) is 37.7 Å². The number of anilines is 1. The molecule has 8 nitrogen and oxygen atoms in total. The van der Waals surface area contributed by atoms with Gasteiger partial charge in [0.2, 0.25) is 0 Å². The van der Waals surface area contributed by atoms with E-state index in [0.717, 1.165) is 65.8 Å². The number of halogens is 3. The van der Waals surface area contributed by atoms with Crippen LogP contribution in [0, 0.1) is 5.92 Å². The molecule has 1 aromatic carbocycles. The average molecular weight is 565 g/mol. The minimum Gasteiger partial charge on any atom is -0.496 e. The van der Waals surface area contributed by atoms with Crippen LogP contribution in [0.2, 0.25) is 0 Å². The van der Waals surface area contributed by atoms with Crippen molar-refractivity contribution in [1.29, 1.82) is 0 Å². The molecule has 4 heterocycles. The fourth-order valence-corrected chi connectivity index (χ4v) is 5.43. The minimum atomic E-state index is -4.76. The van der Waals surface area contributed by atoms with Gasteiger partial charge in [0.25, 0.3) is 0 Å². The number of ether oxygens (including phenoxy) is 2. The molecule has 11 heteroatoms. The van der Waals surface area contributed by atoms with Crippen LogP contribution in [0.15, 0.2) is 41.5 Å². The monoisotopic (exact) mass is 564 g/mol. The van der Waals surface area contributed by atoms with E-state index in [4.69, 9.17) is 14.7 Å². The number of hydrogen-bond acceptors (Lipinski definition) is 8. The van der Waals surface area contributed by atoms with Gasteiger partial charge in [-0.05, 0) is 60.9 Å². The Morgan fingerprint density at radius 2 is 1.88 bits per heavy atom. The first-order valence-electron chi connectivity index (χ1n) is 13.8. The maximum Gasteiger partial charge on any atom is 0.573 e. The Labute approximate surface area is 235 Å². The van der Waals surface area contributed by atoms with Crippen LogP contribution in [-0.4, -0.2) is 60.8 Å². The number of benzene rings is 1. The van der Waals surface area contributed by atoms with Gasteiger partial charge in [-0.3, -0.25) is 9.98 Å². The molecular weight excluding hydrogens is 533 g/mol. The number of piperazine rings is 1. The summed E-state index contributed by atoms with van der Waals surface area (Å²) in [5.74, 6) is 2.18. The molecule has 1 saturated carbocycles. The summed E-state index contributed by atoms with van der Waals surface area (Å²) in [5, 5.41) is 5.41. The third-order valence-electron chi connectivity index (χ3n) is 7.56. The molecule has 2 fully saturated rings. The van der Waals surface area contributed by atoms with Crippen molar-refractivity contribution in [2.45, 2.75) is 38.5 Å². The number of hydrogen-bond donors (Lipinski definition) is 1. The number of fused-ring (bicyclic) bond motifs is 1. The van der Waals surface area contributed by atoms with Gasteiger partial charge in [-0.1, -0.05) is 6.07 Å². The second kappa shape index (κ2) is 11.5. The van der Waals surface area contributed by atoms with Crippen LogP contribution in [0.4, 0.5) is 19.0 Å². The summed E-state index contributed by atoms with van der Waals surface area (Å²) in [7, 11) is 1.42. The molecule has 6 rings (SSSR count). The van der Waals surface area contributed by atoms with Gasteiger partial charge in [0.15, 0.2) is 5.82 Å². The quantitative estimate of drug-likeness (QED) is 0.449. The highest BCUT2D eigenvalue weighted by Crippen LogP contribution is 2.38. The van der Waals surface area contributed by atoms with Crippen LogP contribution >= 0.6 is 0 Å². The number of nitrogens with zero attached hydrogens (tertiary/aromatic N) is 5. The first-order chi connectivity index (χ1) is 19.9. The van der Waals surface area contributed by atoms with Crippen molar-refractivity contribution >= 4 is 23.8 Å². The minimum absolute atomic E-state index is 0.318. The molecule has 0 amide bonds. The van der Waals surface area contributed by atoms with E-state index in [-0.39, 0.29) is 5.75 Å². The predicted molar refractivity (Wildman–Crippen MR) is 150 cm³/mol. The predicted octanol–water partition coefficient (Wildman–Crippen LogP) is 3.41. The molecule has 2 aromatic heterocycles. The number of aryl methyl sites for hydroxylation is 2. The highest BCUT2D eigenvalue weighted by molar-refractivity contribution is 5.78. The van der Waals surface area contributed by atoms with E-state index in [1.54, 1.807) is 12.3 Å². The number of alkyl halides is 3. The maximum absolute atomic E-state index is 12.6.